The average Bonchev–Trinajstić information content (AvgIpc) is 2.73. The summed E-state index contributed by atoms with van der Waals surface area (Å²) in [6.45, 7) is 2.07. The summed E-state index contributed by atoms with van der Waals surface area (Å²) >= 11 is 9.24. The van der Waals surface area contributed by atoms with Gasteiger partial charge in [-0.25, -0.2) is 0 Å². The second-order valence-corrected chi connectivity index (χ2v) is 5.61. The van der Waals surface area contributed by atoms with Gasteiger partial charge in [0.15, 0.2) is 0 Å². The maximum absolute atomic E-state index is 6.11. The van der Waals surface area contributed by atoms with E-state index in [1.165, 1.54) is 21.8 Å². The molecule has 14 heavy (non-hydrogen) atoms. The molecule has 2 aromatic rings. The maximum Gasteiger partial charge on any atom is 0.0979 e. The molecule has 2 aromatic heterocycles. The van der Waals surface area contributed by atoms with Gasteiger partial charge in [-0.1, -0.05) is 11.6 Å². The molecule has 0 radical (unpaired) electrons. The Kier molecular flexibility index (Phi) is 2.93. The van der Waals surface area contributed by atoms with Gasteiger partial charge in [0.2, 0.25) is 0 Å². The van der Waals surface area contributed by atoms with Gasteiger partial charge in [0.1, 0.15) is 0 Å². The fourth-order valence-electron chi connectivity index (χ4n) is 1.30. The van der Waals surface area contributed by atoms with Crippen LogP contribution in [0.2, 0.25) is 4.34 Å². The fourth-order valence-corrected chi connectivity index (χ4v) is 3.21. The molecule has 0 aliphatic heterocycles. The molecular formula is C10H10ClNS2. The molecule has 0 fully saturated rings. The van der Waals surface area contributed by atoms with Crippen LogP contribution in [0.3, 0.4) is 0 Å². The van der Waals surface area contributed by atoms with Gasteiger partial charge in [-0.15, -0.1) is 22.7 Å². The molecule has 0 saturated carbocycles. The van der Waals surface area contributed by atoms with Crippen LogP contribution >= 0.6 is 34.3 Å². The number of rotatable bonds is 2. The summed E-state index contributed by atoms with van der Waals surface area (Å²) in [6, 6.07) is 4.03. The summed E-state index contributed by atoms with van der Waals surface area (Å²) in [5.41, 5.74) is 8.39. The predicted molar refractivity (Wildman–Crippen MR) is 64.4 cm³/mol. The van der Waals surface area contributed by atoms with E-state index in [2.05, 4.69) is 18.4 Å². The van der Waals surface area contributed by atoms with Crippen LogP contribution in [0, 0.1) is 6.92 Å². The molecule has 0 saturated heterocycles. The lowest BCUT2D eigenvalue weighted by Crippen LogP contribution is -2.09. The van der Waals surface area contributed by atoms with Gasteiger partial charge in [-0.2, -0.15) is 0 Å². The maximum atomic E-state index is 6.11. The van der Waals surface area contributed by atoms with Crippen molar-refractivity contribution in [2.45, 2.75) is 13.0 Å². The van der Waals surface area contributed by atoms with Crippen LogP contribution in [0.5, 0.6) is 0 Å². The third-order valence-corrected chi connectivity index (χ3v) is 4.37. The van der Waals surface area contributed by atoms with Crippen LogP contribution in [-0.4, -0.2) is 0 Å². The van der Waals surface area contributed by atoms with E-state index in [9.17, 15) is 0 Å². The molecular weight excluding hydrogens is 234 g/mol. The molecule has 74 valence electrons. The molecule has 2 rings (SSSR count). The minimum absolute atomic E-state index is 0.0764. The van der Waals surface area contributed by atoms with Crippen LogP contribution in [0.1, 0.15) is 22.0 Å². The van der Waals surface area contributed by atoms with Crippen molar-refractivity contribution in [2.24, 2.45) is 5.73 Å². The van der Waals surface area contributed by atoms with Crippen molar-refractivity contribution in [3.8, 4) is 0 Å². The first-order chi connectivity index (χ1) is 6.68. The molecule has 0 bridgehead atoms. The average molecular weight is 244 g/mol. The van der Waals surface area contributed by atoms with E-state index < -0.39 is 0 Å². The SMILES string of the molecule is Cc1csc(C(N)c2ccsc2Cl)c1. The Morgan fingerprint density at radius 2 is 2.21 bits per heavy atom. The van der Waals surface area contributed by atoms with Gasteiger partial charge < -0.3 is 5.73 Å². The molecule has 1 nitrogen and oxygen atoms in total. The van der Waals surface area contributed by atoms with E-state index in [0.29, 0.717) is 0 Å². The number of hydrogen-bond donors (Lipinski definition) is 1. The number of aryl methyl sites for hydroxylation is 1. The van der Waals surface area contributed by atoms with Gasteiger partial charge in [-0.3, -0.25) is 0 Å². The van der Waals surface area contributed by atoms with Crippen molar-refractivity contribution in [3.05, 3.63) is 43.2 Å². The summed E-state index contributed by atoms with van der Waals surface area (Å²) < 4.78 is 0.795. The first-order valence-electron chi connectivity index (χ1n) is 4.22. The van der Waals surface area contributed by atoms with Crippen molar-refractivity contribution in [2.75, 3.05) is 0 Å². The standard InChI is InChI=1S/C10H10ClNS2/c1-6-4-8(14-5-6)9(12)7-2-3-13-10(7)11/h2-5,9H,12H2,1H3. The molecule has 2 heterocycles. The highest BCUT2D eigenvalue weighted by Crippen LogP contribution is 2.33. The number of hydrogen-bond acceptors (Lipinski definition) is 3. The minimum atomic E-state index is -0.0764. The molecule has 0 aliphatic rings. The first-order valence-corrected chi connectivity index (χ1v) is 6.35. The normalized spacial score (nSPS) is 13.1. The molecule has 4 heteroatoms. The number of thiophene rings is 2. The Bertz CT molecular complexity index is 433. The molecule has 1 unspecified atom stereocenters. The van der Waals surface area contributed by atoms with Gasteiger partial charge >= 0.3 is 0 Å². The van der Waals surface area contributed by atoms with Crippen LogP contribution in [0.25, 0.3) is 0 Å². The quantitative estimate of drug-likeness (QED) is 0.853. The Labute approximate surface area is 96.1 Å². The first kappa shape index (κ1) is 10.2. The summed E-state index contributed by atoms with van der Waals surface area (Å²) in [5, 5.41) is 4.08. The molecule has 1 atom stereocenters. The zero-order chi connectivity index (χ0) is 10.1. The second-order valence-electron chi connectivity index (χ2n) is 3.15. The lowest BCUT2D eigenvalue weighted by Gasteiger charge is -2.07. The van der Waals surface area contributed by atoms with Crippen LogP contribution in [0.4, 0.5) is 0 Å². The highest BCUT2D eigenvalue weighted by molar-refractivity contribution is 7.14. The van der Waals surface area contributed by atoms with E-state index in [1.54, 1.807) is 11.3 Å². The Balaban J connectivity index is 2.33. The lowest BCUT2D eigenvalue weighted by molar-refractivity contribution is 0.899. The summed E-state index contributed by atoms with van der Waals surface area (Å²) in [4.78, 5) is 1.17. The molecule has 0 spiro atoms. The molecule has 0 amide bonds. The zero-order valence-electron chi connectivity index (χ0n) is 7.66. The van der Waals surface area contributed by atoms with Crippen molar-refractivity contribution >= 4 is 34.3 Å². The van der Waals surface area contributed by atoms with Crippen molar-refractivity contribution in [3.63, 3.8) is 0 Å². The lowest BCUT2D eigenvalue weighted by atomic mass is 10.1. The van der Waals surface area contributed by atoms with E-state index in [0.717, 1.165) is 9.90 Å². The molecule has 0 aliphatic carbocycles. The Morgan fingerprint density at radius 3 is 2.71 bits per heavy atom. The van der Waals surface area contributed by atoms with E-state index in [1.807, 2.05) is 11.4 Å². The Morgan fingerprint density at radius 1 is 1.43 bits per heavy atom. The predicted octanol–water partition coefficient (Wildman–Crippen LogP) is 3.82. The van der Waals surface area contributed by atoms with Gasteiger partial charge in [-0.05, 0) is 35.4 Å². The third-order valence-electron chi connectivity index (χ3n) is 2.04. The number of halogens is 1. The second kappa shape index (κ2) is 4.03. The topological polar surface area (TPSA) is 26.0 Å². The smallest absolute Gasteiger partial charge is 0.0979 e. The van der Waals surface area contributed by atoms with Crippen LogP contribution in [0.15, 0.2) is 22.9 Å². The molecule has 2 N–H and O–H groups in total. The van der Waals surface area contributed by atoms with Gasteiger partial charge in [0.05, 0.1) is 10.4 Å². The fraction of sp³-hybridized carbons (Fsp3) is 0.200. The largest absolute Gasteiger partial charge is 0.320 e. The van der Waals surface area contributed by atoms with Gasteiger partial charge in [0, 0.05) is 10.4 Å². The third kappa shape index (κ3) is 1.86. The zero-order valence-corrected chi connectivity index (χ0v) is 10.0. The van der Waals surface area contributed by atoms with E-state index in [-0.39, 0.29) is 6.04 Å². The summed E-state index contributed by atoms with van der Waals surface area (Å²) in [5.74, 6) is 0. The summed E-state index contributed by atoms with van der Waals surface area (Å²) in [7, 11) is 0. The van der Waals surface area contributed by atoms with E-state index >= 15 is 0 Å². The number of nitrogens with two attached hydrogens (primary N) is 1. The van der Waals surface area contributed by atoms with Crippen molar-refractivity contribution < 1.29 is 0 Å². The highest BCUT2D eigenvalue weighted by Gasteiger charge is 2.14. The Hall–Kier alpha value is -0.350. The highest BCUT2D eigenvalue weighted by atomic mass is 35.5. The van der Waals surface area contributed by atoms with Crippen molar-refractivity contribution in [1.82, 2.24) is 0 Å². The van der Waals surface area contributed by atoms with Crippen LogP contribution < -0.4 is 5.73 Å². The van der Waals surface area contributed by atoms with Crippen molar-refractivity contribution in [1.29, 1.82) is 0 Å². The van der Waals surface area contributed by atoms with Crippen LogP contribution in [-0.2, 0) is 0 Å². The van der Waals surface area contributed by atoms with E-state index in [4.69, 9.17) is 17.3 Å². The minimum Gasteiger partial charge on any atom is -0.320 e. The molecule has 0 aromatic carbocycles. The monoisotopic (exact) mass is 243 g/mol. The summed E-state index contributed by atoms with van der Waals surface area (Å²) in [6.07, 6.45) is 0. The van der Waals surface area contributed by atoms with Gasteiger partial charge in [0.25, 0.3) is 0 Å².